The van der Waals surface area contributed by atoms with E-state index in [1.807, 2.05) is 0 Å². The van der Waals surface area contributed by atoms with E-state index in [9.17, 15) is 20.1 Å². The lowest BCUT2D eigenvalue weighted by Crippen LogP contribution is -2.32. The van der Waals surface area contributed by atoms with Crippen molar-refractivity contribution < 1.29 is 20.1 Å². The number of thiazole rings is 1. The van der Waals surface area contributed by atoms with E-state index >= 15 is 0 Å². The maximum Gasteiger partial charge on any atom is 0.311 e. The van der Waals surface area contributed by atoms with Gasteiger partial charge in [0.1, 0.15) is 6.10 Å². The lowest BCUT2D eigenvalue weighted by molar-refractivity contribution is -0.0504. The first-order valence-corrected chi connectivity index (χ1v) is 7.07. The molecule has 1 aliphatic rings. The zero-order valence-corrected chi connectivity index (χ0v) is 11.6. The third-order valence-electron chi connectivity index (χ3n) is 3.54. The molecule has 4 atom stereocenters. The first-order valence-electron chi connectivity index (χ1n) is 6.25. The molecule has 114 valence electrons. The molecular weight excluding hydrogens is 300 g/mol. The van der Waals surface area contributed by atoms with Crippen LogP contribution < -0.4 is 10.6 Å². The highest BCUT2D eigenvalue weighted by Gasteiger charge is 2.45. The molecule has 3 heterocycles. The summed E-state index contributed by atoms with van der Waals surface area (Å²) < 4.78 is 7.20. The van der Waals surface area contributed by atoms with Gasteiger partial charge in [0.2, 0.25) is 5.95 Å². The molecule has 0 aromatic carbocycles. The Balaban J connectivity index is 2.10. The number of rotatable bonds is 3. The van der Waals surface area contributed by atoms with Crippen molar-refractivity contribution in [3.8, 4) is 0 Å². The second kappa shape index (κ2) is 5.31. The molecular formula is C11H14N4O5S. The molecule has 3 rings (SSSR count). The average molecular weight is 314 g/mol. The Morgan fingerprint density at radius 1 is 1.43 bits per heavy atom. The van der Waals surface area contributed by atoms with Crippen LogP contribution in [0.25, 0.3) is 10.3 Å². The summed E-state index contributed by atoms with van der Waals surface area (Å²) in [6.45, 7) is -0.733. The van der Waals surface area contributed by atoms with Crippen molar-refractivity contribution in [3.05, 3.63) is 15.9 Å². The number of fused-ring (bicyclic) bond motifs is 1. The average Bonchev–Trinajstić information content (AvgIpc) is 2.94. The number of aliphatic hydroxyl groups excluding tert-OH is 3. The predicted molar refractivity (Wildman–Crippen MR) is 73.7 cm³/mol. The maximum atomic E-state index is 12.1. The van der Waals surface area contributed by atoms with Crippen LogP contribution in [-0.2, 0) is 4.74 Å². The molecule has 10 heteroatoms. The van der Waals surface area contributed by atoms with Gasteiger partial charge in [-0.3, -0.25) is 9.36 Å². The predicted octanol–water partition coefficient (Wildman–Crippen LogP) is -1.71. The minimum absolute atomic E-state index is 0.000969. The largest absolute Gasteiger partial charge is 0.396 e. The molecule has 9 nitrogen and oxygen atoms in total. The van der Waals surface area contributed by atoms with Crippen LogP contribution in [0.15, 0.2) is 11.0 Å². The van der Waals surface area contributed by atoms with Gasteiger partial charge in [0, 0.05) is 5.92 Å². The van der Waals surface area contributed by atoms with E-state index in [1.54, 1.807) is 0 Å². The van der Waals surface area contributed by atoms with E-state index in [2.05, 4.69) is 9.97 Å². The molecule has 0 aliphatic carbocycles. The molecule has 1 fully saturated rings. The van der Waals surface area contributed by atoms with E-state index in [0.29, 0.717) is 4.70 Å². The topological polar surface area (TPSA) is 144 Å². The van der Waals surface area contributed by atoms with Crippen LogP contribution in [0.5, 0.6) is 0 Å². The monoisotopic (exact) mass is 314 g/mol. The molecule has 0 amide bonds. The molecule has 2 aromatic rings. The summed E-state index contributed by atoms with van der Waals surface area (Å²) >= 11 is 0.905. The minimum atomic E-state index is -1.14. The third-order valence-corrected chi connectivity index (χ3v) is 4.42. The molecule has 0 spiro atoms. The molecule has 5 N–H and O–H groups in total. The zero-order chi connectivity index (χ0) is 15.1. The van der Waals surface area contributed by atoms with Crippen molar-refractivity contribution in [1.29, 1.82) is 0 Å². The maximum absolute atomic E-state index is 12.1. The number of ether oxygens (including phenoxy) is 1. The molecule has 21 heavy (non-hydrogen) atoms. The van der Waals surface area contributed by atoms with Crippen molar-refractivity contribution in [1.82, 2.24) is 14.5 Å². The molecule has 1 unspecified atom stereocenters. The fourth-order valence-corrected chi connectivity index (χ4v) is 3.30. The second-order valence-electron chi connectivity index (χ2n) is 4.74. The summed E-state index contributed by atoms with van der Waals surface area (Å²) in [5, 5.41) is 28.8. The third kappa shape index (κ3) is 2.21. The van der Waals surface area contributed by atoms with Crippen LogP contribution in [0.4, 0.5) is 5.95 Å². The highest BCUT2D eigenvalue weighted by molar-refractivity contribution is 7.16. The normalized spacial score (nSPS) is 29.3. The molecule has 1 aliphatic heterocycles. The number of nitrogens with zero attached hydrogens (tertiary/aromatic N) is 3. The lowest BCUT2D eigenvalue weighted by atomic mass is 9.99. The van der Waals surface area contributed by atoms with Crippen molar-refractivity contribution in [3.63, 3.8) is 0 Å². The smallest absolute Gasteiger partial charge is 0.311 e. The van der Waals surface area contributed by atoms with Crippen LogP contribution in [0, 0.1) is 5.92 Å². The molecule has 0 bridgehead atoms. The number of anilines is 1. The van der Waals surface area contributed by atoms with Crippen molar-refractivity contribution >= 4 is 27.6 Å². The Hall–Kier alpha value is -1.59. The van der Waals surface area contributed by atoms with Crippen molar-refractivity contribution in [2.24, 2.45) is 5.92 Å². The van der Waals surface area contributed by atoms with E-state index in [1.165, 1.54) is 10.8 Å². The van der Waals surface area contributed by atoms with Crippen LogP contribution in [-0.4, -0.2) is 55.3 Å². The van der Waals surface area contributed by atoms with Crippen LogP contribution >= 0.6 is 11.3 Å². The number of nitrogen functional groups attached to an aromatic ring is 1. The van der Waals surface area contributed by atoms with Gasteiger partial charge in [-0.25, -0.2) is 4.98 Å². The van der Waals surface area contributed by atoms with Crippen LogP contribution in [0.3, 0.4) is 0 Å². The van der Waals surface area contributed by atoms with Gasteiger partial charge in [0.05, 0.1) is 30.2 Å². The minimum Gasteiger partial charge on any atom is -0.396 e. The van der Waals surface area contributed by atoms with E-state index in [-0.39, 0.29) is 29.7 Å². The second-order valence-corrected chi connectivity index (χ2v) is 5.73. The fourth-order valence-electron chi connectivity index (χ4n) is 2.48. The van der Waals surface area contributed by atoms with Crippen LogP contribution in [0.1, 0.15) is 6.23 Å². The standard InChI is InChI=1S/C11H14N4O5S/c12-10-13-1-6-8(14-10)15(11(19)21-6)9-7(18)4(2-16)5(3-17)20-9/h1,4-5,7,9,16-18H,2-3H2,(H2,12,13,14)/t4-,5-,7-,9?/m1/s1. The van der Waals surface area contributed by atoms with Gasteiger partial charge in [-0.1, -0.05) is 11.3 Å². The van der Waals surface area contributed by atoms with Gasteiger partial charge in [0.25, 0.3) is 0 Å². The fraction of sp³-hybridized carbons (Fsp3) is 0.545. The highest BCUT2D eigenvalue weighted by atomic mass is 32.1. The van der Waals surface area contributed by atoms with E-state index < -0.39 is 24.4 Å². The van der Waals surface area contributed by atoms with Gasteiger partial charge >= 0.3 is 4.87 Å². The number of hydrogen-bond acceptors (Lipinski definition) is 9. The summed E-state index contributed by atoms with van der Waals surface area (Å²) in [6.07, 6.45) is -1.50. The number of nitrogens with two attached hydrogens (primary N) is 1. The van der Waals surface area contributed by atoms with Gasteiger partial charge in [-0.05, 0) is 0 Å². The van der Waals surface area contributed by atoms with Gasteiger partial charge in [-0.2, -0.15) is 4.98 Å². The van der Waals surface area contributed by atoms with E-state index in [4.69, 9.17) is 10.5 Å². The zero-order valence-electron chi connectivity index (χ0n) is 10.8. The summed E-state index contributed by atoms with van der Waals surface area (Å²) in [6, 6.07) is 0. The van der Waals surface area contributed by atoms with Gasteiger partial charge in [-0.15, -0.1) is 0 Å². The Bertz CT molecular complexity index is 716. The summed E-state index contributed by atoms with van der Waals surface area (Å²) in [5.41, 5.74) is 5.79. The van der Waals surface area contributed by atoms with Crippen LogP contribution in [0.2, 0.25) is 0 Å². The first kappa shape index (κ1) is 14.4. The summed E-state index contributed by atoms with van der Waals surface area (Å²) in [5.74, 6) is -0.681. The number of aliphatic hydroxyl groups is 3. The molecule has 1 saturated heterocycles. The summed E-state index contributed by atoms with van der Waals surface area (Å²) in [7, 11) is 0. The SMILES string of the molecule is Nc1ncc2sc(=O)n(C3O[C@H](CO)[C@@H](CO)[C@H]3O)c2n1. The summed E-state index contributed by atoms with van der Waals surface area (Å²) in [4.78, 5) is 19.6. The Morgan fingerprint density at radius 2 is 2.19 bits per heavy atom. The quantitative estimate of drug-likeness (QED) is 0.524. The molecule has 0 radical (unpaired) electrons. The Morgan fingerprint density at radius 3 is 2.81 bits per heavy atom. The Kier molecular flexibility index (Phi) is 3.63. The molecule has 2 aromatic heterocycles. The van der Waals surface area contributed by atoms with Crippen molar-refractivity contribution in [2.45, 2.75) is 18.4 Å². The van der Waals surface area contributed by atoms with Gasteiger partial charge < -0.3 is 25.8 Å². The van der Waals surface area contributed by atoms with E-state index in [0.717, 1.165) is 11.3 Å². The number of aromatic nitrogens is 3. The lowest BCUT2D eigenvalue weighted by Gasteiger charge is -2.17. The first-order chi connectivity index (χ1) is 10.1. The highest BCUT2D eigenvalue weighted by Crippen LogP contribution is 2.34. The molecule has 0 saturated carbocycles. The number of hydrogen-bond donors (Lipinski definition) is 4. The van der Waals surface area contributed by atoms with Crippen molar-refractivity contribution in [2.75, 3.05) is 18.9 Å². The van der Waals surface area contributed by atoms with Gasteiger partial charge in [0.15, 0.2) is 11.9 Å². The Labute approximate surface area is 122 Å².